The highest BCUT2D eigenvalue weighted by molar-refractivity contribution is 5.85. The van der Waals surface area contributed by atoms with Crippen LogP contribution in [0.25, 0.3) is 0 Å². The Bertz CT molecular complexity index is 569. The van der Waals surface area contributed by atoms with Gasteiger partial charge in [0.15, 0.2) is 0 Å². The molecule has 2 N–H and O–H groups in total. The smallest absolute Gasteiger partial charge is 0.234 e. The summed E-state index contributed by atoms with van der Waals surface area (Å²) in [4.78, 5) is 17.2. The van der Waals surface area contributed by atoms with E-state index in [1.807, 2.05) is 0 Å². The van der Waals surface area contributed by atoms with Crippen molar-refractivity contribution in [1.82, 2.24) is 20.4 Å². The topological polar surface area (TPSA) is 47.6 Å². The first-order valence-electron chi connectivity index (χ1n) is 9.78. The number of nitrogens with zero attached hydrogens (tertiary/aromatic N) is 2. The Kier molecular flexibility index (Phi) is 8.83. The predicted octanol–water partition coefficient (Wildman–Crippen LogP) is 2.05. The van der Waals surface area contributed by atoms with E-state index in [-0.39, 0.29) is 30.7 Å². The van der Waals surface area contributed by atoms with Crippen molar-refractivity contribution in [2.24, 2.45) is 0 Å². The fraction of sp³-hybridized carbons (Fsp3) is 0.650. The minimum Gasteiger partial charge on any atom is -0.352 e. The number of carbonyl (C=O) groups is 1. The molecule has 3 heterocycles. The van der Waals surface area contributed by atoms with E-state index < -0.39 is 0 Å². The number of piperazine rings is 1. The number of hydrogen-bond acceptors (Lipinski definition) is 4. The van der Waals surface area contributed by atoms with Gasteiger partial charge in [-0.15, -0.1) is 24.8 Å². The summed E-state index contributed by atoms with van der Waals surface area (Å²) in [5.74, 6) is 0.211. The quantitative estimate of drug-likeness (QED) is 0.773. The van der Waals surface area contributed by atoms with Gasteiger partial charge < -0.3 is 10.6 Å². The maximum Gasteiger partial charge on any atom is 0.234 e. The van der Waals surface area contributed by atoms with Crippen LogP contribution in [0.4, 0.5) is 0 Å². The molecule has 0 aromatic heterocycles. The van der Waals surface area contributed by atoms with E-state index in [0.717, 1.165) is 45.6 Å². The van der Waals surface area contributed by atoms with Crippen molar-refractivity contribution >= 4 is 30.7 Å². The summed E-state index contributed by atoms with van der Waals surface area (Å²) in [6, 6.07) is 12.3. The van der Waals surface area contributed by atoms with Gasteiger partial charge >= 0.3 is 0 Å². The lowest BCUT2D eigenvalue weighted by atomic mass is 10.00. The molecule has 152 valence electrons. The summed E-state index contributed by atoms with van der Waals surface area (Å²) in [6.45, 7) is 5.62. The van der Waals surface area contributed by atoms with Crippen LogP contribution in [0, 0.1) is 0 Å². The molecular formula is C20H32Cl2N4O. The molecule has 1 aromatic rings. The largest absolute Gasteiger partial charge is 0.352 e. The second-order valence-corrected chi connectivity index (χ2v) is 7.91. The van der Waals surface area contributed by atoms with Crippen molar-refractivity contribution in [2.45, 2.75) is 50.4 Å². The molecule has 1 aromatic carbocycles. The summed E-state index contributed by atoms with van der Waals surface area (Å²) in [6.07, 6.45) is 4.76. The number of halogens is 2. The van der Waals surface area contributed by atoms with Crippen LogP contribution in [-0.2, 0) is 11.3 Å². The highest BCUT2D eigenvalue weighted by atomic mass is 35.5. The molecule has 27 heavy (non-hydrogen) atoms. The fourth-order valence-electron chi connectivity index (χ4n) is 4.60. The molecule has 0 radical (unpaired) electrons. The van der Waals surface area contributed by atoms with Crippen LogP contribution in [0.3, 0.4) is 0 Å². The van der Waals surface area contributed by atoms with Gasteiger partial charge in [0, 0.05) is 50.8 Å². The van der Waals surface area contributed by atoms with E-state index in [1.54, 1.807) is 0 Å². The summed E-state index contributed by atoms with van der Waals surface area (Å²) < 4.78 is 0. The second kappa shape index (κ2) is 10.6. The third-order valence-corrected chi connectivity index (χ3v) is 5.92. The molecule has 1 amide bonds. The molecule has 2 bridgehead atoms. The van der Waals surface area contributed by atoms with E-state index >= 15 is 0 Å². The standard InChI is InChI=1S/C20H30N4O.2ClH/c25-20(22-19-12-17-6-7-18(13-19)21-17)15-24-10-8-23(9-11-24)14-16-4-2-1-3-5-16;;/h1-5,17-19,21H,6-15H2,(H,22,25);2*1H. The molecule has 3 aliphatic rings. The SMILES string of the molecule is Cl.Cl.O=C(CN1CCN(Cc2ccccc2)CC1)NC1CC2CCC(C1)N2. The van der Waals surface area contributed by atoms with Crippen molar-refractivity contribution in [3.05, 3.63) is 35.9 Å². The van der Waals surface area contributed by atoms with Gasteiger partial charge in [-0.2, -0.15) is 0 Å². The molecule has 3 saturated heterocycles. The Hall–Kier alpha value is -0.850. The number of hydrogen-bond donors (Lipinski definition) is 2. The minimum atomic E-state index is 0. The average Bonchev–Trinajstić information content (AvgIpc) is 2.96. The van der Waals surface area contributed by atoms with Gasteiger partial charge in [0.1, 0.15) is 0 Å². The number of fused-ring (bicyclic) bond motifs is 2. The zero-order chi connectivity index (χ0) is 17.1. The number of piperidine rings is 1. The number of amides is 1. The van der Waals surface area contributed by atoms with Crippen LogP contribution < -0.4 is 10.6 Å². The Morgan fingerprint density at radius 1 is 0.963 bits per heavy atom. The molecule has 4 rings (SSSR count). The Morgan fingerprint density at radius 2 is 1.56 bits per heavy atom. The lowest BCUT2D eigenvalue weighted by Crippen LogP contribution is -2.52. The molecule has 3 aliphatic heterocycles. The molecule has 7 heteroatoms. The third-order valence-electron chi connectivity index (χ3n) is 5.92. The lowest BCUT2D eigenvalue weighted by Gasteiger charge is -2.35. The van der Waals surface area contributed by atoms with Gasteiger partial charge in [-0.1, -0.05) is 30.3 Å². The van der Waals surface area contributed by atoms with Crippen LogP contribution in [0.15, 0.2) is 30.3 Å². The van der Waals surface area contributed by atoms with Crippen molar-refractivity contribution < 1.29 is 4.79 Å². The van der Waals surface area contributed by atoms with Crippen LogP contribution in [0.5, 0.6) is 0 Å². The maximum atomic E-state index is 12.4. The van der Waals surface area contributed by atoms with Gasteiger partial charge in [-0.25, -0.2) is 0 Å². The third kappa shape index (κ3) is 6.33. The van der Waals surface area contributed by atoms with E-state index in [9.17, 15) is 4.79 Å². The van der Waals surface area contributed by atoms with Gasteiger partial charge in [0.25, 0.3) is 0 Å². The van der Waals surface area contributed by atoms with Crippen LogP contribution >= 0.6 is 24.8 Å². The van der Waals surface area contributed by atoms with Gasteiger partial charge in [-0.05, 0) is 31.2 Å². The average molecular weight is 415 g/mol. The number of nitrogens with one attached hydrogen (secondary N) is 2. The van der Waals surface area contributed by atoms with E-state index in [2.05, 4.69) is 50.8 Å². The first-order chi connectivity index (χ1) is 12.2. The zero-order valence-electron chi connectivity index (χ0n) is 15.8. The zero-order valence-corrected chi connectivity index (χ0v) is 17.4. The molecule has 5 nitrogen and oxygen atoms in total. The number of rotatable bonds is 5. The summed E-state index contributed by atoms with van der Waals surface area (Å²) in [5.41, 5.74) is 1.37. The first kappa shape index (κ1) is 22.4. The van der Waals surface area contributed by atoms with Crippen molar-refractivity contribution in [3.63, 3.8) is 0 Å². The monoisotopic (exact) mass is 414 g/mol. The normalized spacial score (nSPS) is 28.1. The molecular weight excluding hydrogens is 383 g/mol. The molecule has 0 spiro atoms. The predicted molar refractivity (Wildman–Crippen MR) is 114 cm³/mol. The van der Waals surface area contributed by atoms with E-state index in [1.165, 1.54) is 18.4 Å². The molecule has 2 unspecified atom stereocenters. The van der Waals surface area contributed by atoms with Crippen LogP contribution in [0.2, 0.25) is 0 Å². The van der Waals surface area contributed by atoms with E-state index in [4.69, 9.17) is 0 Å². The van der Waals surface area contributed by atoms with Gasteiger partial charge in [-0.3, -0.25) is 14.6 Å². The second-order valence-electron chi connectivity index (χ2n) is 7.91. The van der Waals surface area contributed by atoms with Gasteiger partial charge in [0.2, 0.25) is 5.91 Å². The molecule has 2 atom stereocenters. The van der Waals surface area contributed by atoms with Crippen LogP contribution in [0.1, 0.15) is 31.2 Å². The Labute approximate surface area is 175 Å². The van der Waals surface area contributed by atoms with Crippen molar-refractivity contribution in [1.29, 1.82) is 0 Å². The number of carbonyl (C=O) groups excluding carboxylic acids is 1. The molecule has 0 aliphatic carbocycles. The fourth-order valence-corrected chi connectivity index (χ4v) is 4.60. The highest BCUT2D eigenvalue weighted by Crippen LogP contribution is 2.26. The van der Waals surface area contributed by atoms with Crippen molar-refractivity contribution in [3.8, 4) is 0 Å². The van der Waals surface area contributed by atoms with Crippen molar-refractivity contribution in [2.75, 3.05) is 32.7 Å². The lowest BCUT2D eigenvalue weighted by molar-refractivity contribution is -0.123. The van der Waals surface area contributed by atoms with Crippen LogP contribution in [-0.4, -0.2) is 66.6 Å². The van der Waals surface area contributed by atoms with Gasteiger partial charge in [0.05, 0.1) is 6.54 Å². The highest BCUT2D eigenvalue weighted by Gasteiger charge is 2.34. The Morgan fingerprint density at radius 3 is 2.19 bits per heavy atom. The first-order valence-corrected chi connectivity index (χ1v) is 9.78. The minimum absolute atomic E-state index is 0. The summed E-state index contributed by atoms with van der Waals surface area (Å²) >= 11 is 0. The summed E-state index contributed by atoms with van der Waals surface area (Å²) in [5, 5.41) is 6.92. The Balaban J connectivity index is 0.00000131. The molecule has 0 saturated carbocycles. The van der Waals surface area contributed by atoms with E-state index in [0.29, 0.717) is 24.7 Å². The maximum absolute atomic E-state index is 12.4. The number of benzene rings is 1. The molecule has 3 fully saturated rings. The summed E-state index contributed by atoms with van der Waals surface area (Å²) in [7, 11) is 0.